The summed E-state index contributed by atoms with van der Waals surface area (Å²) in [5, 5.41) is 3.40. The molecule has 1 aliphatic heterocycles. The number of aromatic nitrogens is 3. The summed E-state index contributed by atoms with van der Waals surface area (Å²) in [5.41, 5.74) is 2.99. The highest BCUT2D eigenvalue weighted by molar-refractivity contribution is 5.76. The molecule has 1 atom stereocenters. The van der Waals surface area contributed by atoms with Crippen LogP contribution >= 0.6 is 0 Å². The second-order valence-corrected chi connectivity index (χ2v) is 12.2. The summed E-state index contributed by atoms with van der Waals surface area (Å²) in [6.07, 6.45) is 4.60. The highest BCUT2D eigenvalue weighted by Gasteiger charge is 2.20. The molecule has 1 aliphatic rings. The molecule has 0 radical (unpaired) electrons. The zero-order valence-corrected chi connectivity index (χ0v) is 26.4. The number of hydrogen-bond donors (Lipinski definition) is 1. The lowest BCUT2D eigenvalue weighted by atomic mass is 10.0. The van der Waals surface area contributed by atoms with Gasteiger partial charge >= 0.3 is 5.69 Å². The van der Waals surface area contributed by atoms with Crippen molar-refractivity contribution in [1.29, 1.82) is 0 Å². The van der Waals surface area contributed by atoms with Gasteiger partial charge in [-0.05, 0) is 75.0 Å². The average Bonchev–Trinajstić information content (AvgIpc) is 3.03. The minimum absolute atomic E-state index is 0.0901. The third kappa shape index (κ3) is 7.17. The summed E-state index contributed by atoms with van der Waals surface area (Å²) in [4.78, 5) is 36.5. The molecule has 4 aromatic rings. The van der Waals surface area contributed by atoms with Gasteiger partial charge in [0.05, 0.1) is 17.3 Å². The molecule has 0 saturated carbocycles. The lowest BCUT2D eigenvalue weighted by Gasteiger charge is -2.36. The fourth-order valence-electron chi connectivity index (χ4n) is 6.24. The van der Waals surface area contributed by atoms with Crippen molar-refractivity contribution in [3.63, 3.8) is 0 Å². The van der Waals surface area contributed by atoms with E-state index in [0.29, 0.717) is 24.2 Å². The predicted octanol–water partition coefficient (Wildman–Crippen LogP) is 5.05. The van der Waals surface area contributed by atoms with Gasteiger partial charge in [-0.25, -0.2) is 18.7 Å². The van der Waals surface area contributed by atoms with E-state index in [4.69, 9.17) is 0 Å². The number of hydrogen-bond acceptors (Lipinski definition) is 6. The monoisotopic (exact) mass is 600 g/mol. The molecule has 2 aromatic heterocycles. The van der Waals surface area contributed by atoms with E-state index in [1.54, 1.807) is 0 Å². The molecule has 3 heterocycles. The molecule has 44 heavy (non-hydrogen) atoms. The number of nitrogens with one attached hydrogen (secondary N) is 1. The topological polar surface area (TPSA) is 75.4 Å². The Balaban J connectivity index is 1.42. The molecule has 0 bridgehead atoms. The van der Waals surface area contributed by atoms with Crippen LogP contribution in [0.4, 0.5) is 4.39 Å². The minimum atomic E-state index is -0.611. The van der Waals surface area contributed by atoms with E-state index in [1.165, 1.54) is 20.8 Å². The molecule has 0 spiro atoms. The summed E-state index contributed by atoms with van der Waals surface area (Å²) in [6.45, 7) is 12.1. The molecular weight excluding hydrogens is 555 g/mol. The first-order valence-electron chi connectivity index (χ1n) is 15.9. The Bertz CT molecular complexity index is 1670. The molecule has 234 valence electrons. The Labute approximate surface area is 259 Å². The number of nitrogens with zero attached hydrogens (tertiary/aromatic N) is 5. The maximum atomic E-state index is 14.3. The number of benzene rings is 2. The zero-order valence-electron chi connectivity index (χ0n) is 26.4. The normalized spacial score (nSPS) is 15.3. The van der Waals surface area contributed by atoms with Gasteiger partial charge in [0.1, 0.15) is 5.82 Å². The van der Waals surface area contributed by atoms with Gasteiger partial charge in [-0.1, -0.05) is 49.7 Å². The van der Waals surface area contributed by atoms with Gasteiger partial charge in [-0.3, -0.25) is 19.2 Å². The molecule has 9 heteroatoms. The van der Waals surface area contributed by atoms with E-state index in [1.807, 2.05) is 31.3 Å². The van der Waals surface area contributed by atoms with Crippen LogP contribution in [0.2, 0.25) is 0 Å². The molecular formula is C35H45FN6O2. The number of pyridine rings is 1. The Morgan fingerprint density at radius 2 is 1.70 bits per heavy atom. The molecule has 5 rings (SSSR count). The van der Waals surface area contributed by atoms with Crippen molar-refractivity contribution in [1.82, 2.24) is 29.2 Å². The fraction of sp³-hybridized carbons (Fsp3) is 0.457. The summed E-state index contributed by atoms with van der Waals surface area (Å²) < 4.78 is 16.9. The van der Waals surface area contributed by atoms with E-state index in [9.17, 15) is 14.0 Å². The van der Waals surface area contributed by atoms with Crippen molar-refractivity contribution < 1.29 is 4.39 Å². The van der Waals surface area contributed by atoms with Gasteiger partial charge in [0.25, 0.3) is 5.56 Å². The van der Waals surface area contributed by atoms with Crippen LogP contribution in [-0.2, 0) is 13.1 Å². The van der Waals surface area contributed by atoms with Crippen LogP contribution in [0.15, 0.2) is 70.4 Å². The molecule has 8 nitrogen and oxygen atoms in total. The quantitative estimate of drug-likeness (QED) is 0.246. The van der Waals surface area contributed by atoms with Crippen molar-refractivity contribution >= 4 is 11.0 Å². The molecule has 0 amide bonds. The van der Waals surface area contributed by atoms with Crippen molar-refractivity contribution in [3.05, 3.63) is 93.0 Å². The minimum Gasteiger partial charge on any atom is -0.317 e. The summed E-state index contributed by atoms with van der Waals surface area (Å²) in [7, 11) is 1.93. The fourth-order valence-corrected chi connectivity index (χ4v) is 6.24. The Kier molecular flexibility index (Phi) is 10.4. The predicted molar refractivity (Wildman–Crippen MR) is 176 cm³/mol. The molecule has 1 saturated heterocycles. The smallest absolute Gasteiger partial charge is 0.317 e. The Hall–Kier alpha value is -3.66. The molecule has 2 aromatic carbocycles. The maximum Gasteiger partial charge on any atom is 0.337 e. The van der Waals surface area contributed by atoms with E-state index >= 15 is 0 Å². The highest BCUT2D eigenvalue weighted by Crippen LogP contribution is 2.24. The van der Waals surface area contributed by atoms with Crippen LogP contribution in [0, 0.1) is 5.82 Å². The van der Waals surface area contributed by atoms with Gasteiger partial charge < -0.3 is 5.32 Å². The second kappa shape index (κ2) is 14.4. The summed E-state index contributed by atoms with van der Waals surface area (Å²) in [5.74, 6) is -0.611. The van der Waals surface area contributed by atoms with Crippen LogP contribution < -0.4 is 16.6 Å². The third-order valence-electron chi connectivity index (χ3n) is 8.86. The van der Waals surface area contributed by atoms with E-state index in [-0.39, 0.29) is 17.6 Å². The largest absolute Gasteiger partial charge is 0.337 e. The number of fused-ring (bicyclic) bond motifs is 1. The van der Waals surface area contributed by atoms with Crippen molar-refractivity contribution in [2.75, 3.05) is 33.2 Å². The lowest BCUT2D eigenvalue weighted by Crippen LogP contribution is -2.48. The molecule has 1 fully saturated rings. The first-order chi connectivity index (χ1) is 21.3. The first kappa shape index (κ1) is 31.8. The Morgan fingerprint density at radius 1 is 0.955 bits per heavy atom. The average molecular weight is 601 g/mol. The summed E-state index contributed by atoms with van der Waals surface area (Å²) >= 11 is 0. The second-order valence-electron chi connectivity index (χ2n) is 12.2. The highest BCUT2D eigenvalue weighted by atomic mass is 19.1. The SMILES string of the molecule is CCCC(CCCn1c(=O)c2cc(F)cnc2n(-c2cccc(-c3ccc(CN4CCN(C(C)C)CC4)cc3)c2)c1=O)NC. The lowest BCUT2D eigenvalue weighted by molar-refractivity contribution is 0.104. The van der Waals surface area contributed by atoms with Crippen LogP contribution in [0.25, 0.3) is 27.8 Å². The van der Waals surface area contributed by atoms with Gasteiger partial charge in [0, 0.05) is 51.4 Å². The van der Waals surface area contributed by atoms with E-state index in [0.717, 1.165) is 69.3 Å². The first-order valence-corrected chi connectivity index (χ1v) is 15.9. The number of piperazine rings is 1. The van der Waals surface area contributed by atoms with Crippen LogP contribution in [-0.4, -0.2) is 69.2 Å². The molecule has 0 aliphatic carbocycles. The standard InChI is InChI=1S/C35H45FN6O2/c1-5-8-30(37-4)10-7-16-41-34(43)32-22-29(36)23-38-33(32)42(35(41)44)31-11-6-9-28(21-31)27-14-12-26(13-15-27)24-39-17-19-40(20-18-39)25(2)3/h6,9,11-15,21-23,25,30,37H,5,7-8,10,16-20,24H2,1-4H3. The van der Waals surface area contributed by atoms with Crippen LogP contribution in [0.1, 0.15) is 52.0 Å². The van der Waals surface area contributed by atoms with Crippen LogP contribution in [0.5, 0.6) is 0 Å². The van der Waals surface area contributed by atoms with Crippen molar-refractivity contribution in [3.8, 4) is 16.8 Å². The Morgan fingerprint density at radius 3 is 2.39 bits per heavy atom. The molecule has 1 N–H and O–H groups in total. The molecule has 1 unspecified atom stereocenters. The maximum absolute atomic E-state index is 14.3. The van der Waals surface area contributed by atoms with Gasteiger partial charge in [0.15, 0.2) is 5.65 Å². The third-order valence-corrected chi connectivity index (χ3v) is 8.86. The van der Waals surface area contributed by atoms with E-state index < -0.39 is 17.1 Å². The summed E-state index contributed by atoms with van der Waals surface area (Å²) in [6, 6.07) is 18.3. The van der Waals surface area contributed by atoms with Gasteiger partial charge in [0.2, 0.25) is 0 Å². The van der Waals surface area contributed by atoms with Crippen LogP contribution in [0.3, 0.4) is 0 Å². The number of rotatable bonds is 12. The number of halogens is 1. The van der Waals surface area contributed by atoms with Crippen molar-refractivity contribution in [2.45, 2.75) is 71.6 Å². The zero-order chi connectivity index (χ0) is 31.2. The van der Waals surface area contributed by atoms with Crippen molar-refractivity contribution in [2.24, 2.45) is 0 Å². The van der Waals surface area contributed by atoms with Gasteiger partial charge in [-0.15, -0.1) is 0 Å². The van der Waals surface area contributed by atoms with Gasteiger partial charge in [-0.2, -0.15) is 0 Å². The van der Waals surface area contributed by atoms with E-state index in [2.05, 4.69) is 65.1 Å².